The molecule has 0 saturated carbocycles. The Labute approximate surface area is 186 Å². The zero-order valence-corrected chi connectivity index (χ0v) is 19.6. The maximum atomic E-state index is 12.4. The fraction of sp³-hybridized carbons (Fsp3) is 0.550. The minimum atomic E-state index is -0.841. The molecule has 174 valence electrons. The van der Waals surface area contributed by atoms with Gasteiger partial charge in [-0.15, -0.1) is 0 Å². The quantitative estimate of drug-likeness (QED) is 0.183. The molecule has 2 N–H and O–H groups in total. The summed E-state index contributed by atoms with van der Waals surface area (Å²) in [4.78, 5) is 41.7. The van der Waals surface area contributed by atoms with Gasteiger partial charge in [-0.1, -0.05) is 0 Å². The van der Waals surface area contributed by atoms with E-state index in [4.69, 9.17) is 18.7 Å². The highest BCUT2D eigenvalue weighted by Crippen LogP contribution is 2.33. The summed E-state index contributed by atoms with van der Waals surface area (Å²) in [5.41, 5.74) is 0.124. The van der Waals surface area contributed by atoms with Crippen LogP contribution in [0.3, 0.4) is 0 Å². The molecule has 31 heavy (non-hydrogen) atoms. The Balaban J connectivity index is 3.29. The number of methoxy groups -OCH3 is 2. The second-order valence-electron chi connectivity index (χ2n) is 7.64. The molecule has 0 aromatic heterocycles. The molecule has 0 heterocycles. The number of esters is 1. The van der Waals surface area contributed by atoms with Crippen LogP contribution in [0.5, 0.6) is 0 Å². The van der Waals surface area contributed by atoms with E-state index in [1.807, 2.05) is 0 Å². The van der Waals surface area contributed by atoms with Crippen LogP contribution in [0.2, 0.25) is 0 Å². The summed E-state index contributed by atoms with van der Waals surface area (Å²) in [6.07, 6.45) is -1.75. The number of amides is 2. The second kappa shape index (κ2) is 12.4. The maximum Gasteiger partial charge on any atom is 0.411 e. The zero-order valence-electron chi connectivity index (χ0n) is 18.8. The van der Waals surface area contributed by atoms with Gasteiger partial charge in [0.1, 0.15) is 5.60 Å². The zero-order chi connectivity index (χ0) is 23.6. The van der Waals surface area contributed by atoms with E-state index in [0.717, 1.165) is 12.0 Å². The minimum absolute atomic E-state index is 0.179. The average molecular weight is 459 g/mol. The Morgan fingerprint density at radius 2 is 1.74 bits per heavy atom. The van der Waals surface area contributed by atoms with E-state index < -0.39 is 29.8 Å². The van der Waals surface area contributed by atoms with E-state index in [0.29, 0.717) is 16.1 Å². The first-order valence-corrected chi connectivity index (χ1v) is 10.2. The van der Waals surface area contributed by atoms with Crippen molar-refractivity contribution in [3.63, 3.8) is 0 Å². The molecular formula is C20H30N2O8S. The number of alkyl carbamates (subject to hydrolysis) is 1. The van der Waals surface area contributed by atoms with Gasteiger partial charge in [0, 0.05) is 10.6 Å². The Bertz CT molecular complexity index is 764. The van der Waals surface area contributed by atoms with Crippen molar-refractivity contribution in [1.82, 2.24) is 5.32 Å². The summed E-state index contributed by atoms with van der Waals surface area (Å²) in [7, 11) is 2.49. The summed E-state index contributed by atoms with van der Waals surface area (Å²) in [5.74, 6) is -0.553. The number of benzene rings is 1. The number of anilines is 1. The number of hydrogen-bond donors (Lipinski definition) is 2. The molecule has 2 amide bonds. The van der Waals surface area contributed by atoms with Gasteiger partial charge < -0.3 is 19.5 Å². The van der Waals surface area contributed by atoms with E-state index in [9.17, 15) is 14.4 Å². The number of nitrogens with one attached hydrogen (secondary N) is 2. The van der Waals surface area contributed by atoms with E-state index >= 15 is 0 Å². The minimum Gasteiger partial charge on any atom is -0.469 e. The third kappa shape index (κ3) is 10.4. The van der Waals surface area contributed by atoms with Gasteiger partial charge in [-0.05, 0) is 58.4 Å². The van der Waals surface area contributed by atoms with E-state index in [-0.39, 0.29) is 12.5 Å². The van der Waals surface area contributed by atoms with Crippen molar-refractivity contribution in [2.75, 3.05) is 19.5 Å². The molecule has 0 fully saturated rings. The molecule has 1 atom stereocenters. The first-order valence-electron chi connectivity index (χ1n) is 9.50. The van der Waals surface area contributed by atoms with Crippen LogP contribution in [0.4, 0.5) is 15.3 Å². The molecule has 0 saturated heterocycles. The highest BCUT2D eigenvalue weighted by Gasteiger charge is 2.26. The topological polar surface area (TPSA) is 121 Å². The number of ether oxygens (including phenoxy) is 3. The van der Waals surface area contributed by atoms with Crippen LogP contribution in [0, 0.1) is 0 Å². The van der Waals surface area contributed by atoms with Gasteiger partial charge in [0.2, 0.25) is 0 Å². The van der Waals surface area contributed by atoms with Crippen LogP contribution >= 0.6 is 12.0 Å². The molecule has 10 nitrogen and oxygen atoms in total. The molecule has 1 aromatic carbocycles. The highest BCUT2D eigenvalue weighted by molar-refractivity contribution is 7.94. The van der Waals surface area contributed by atoms with Crippen LogP contribution in [0.15, 0.2) is 23.1 Å². The van der Waals surface area contributed by atoms with Crippen LogP contribution < -0.4 is 10.6 Å². The van der Waals surface area contributed by atoms with Crippen molar-refractivity contribution >= 4 is 35.9 Å². The lowest BCUT2D eigenvalue weighted by Crippen LogP contribution is -2.36. The molecular weight excluding hydrogens is 428 g/mol. The van der Waals surface area contributed by atoms with E-state index in [1.165, 1.54) is 14.2 Å². The van der Waals surface area contributed by atoms with Crippen LogP contribution in [0.25, 0.3) is 0 Å². The van der Waals surface area contributed by atoms with E-state index in [1.54, 1.807) is 52.8 Å². The Hall–Kier alpha value is -2.50. The fourth-order valence-electron chi connectivity index (χ4n) is 2.22. The Morgan fingerprint density at radius 3 is 2.29 bits per heavy atom. The predicted molar refractivity (Wildman–Crippen MR) is 114 cm³/mol. The van der Waals surface area contributed by atoms with Crippen molar-refractivity contribution < 1.29 is 37.8 Å². The van der Waals surface area contributed by atoms with Crippen LogP contribution in [0.1, 0.15) is 52.6 Å². The molecule has 0 spiro atoms. The normalized spacial score (nSPS) is 12.1. The first-order chi connectivity index (χ1) is 14.4. The molecule has 0 bridgehead atoms. The van der Waals surface area contributed by atoms with Gasteiger partial charge in [-0.3, -0.25) is 10.1 Å². The third-order valence-electron chi connectivity index (χ3n) is 3.46. The SMILES string of the molecule is COC(=O)C[C@@H](NC(=O)OC(C)(C)C)c1cc(NC(=O)OC)ccc1SOOC(C)C. The number of rotatable bonds is 9. The molecule has 0 aliphatic heterocycles. The van der Waals surface area contributed by atoms with Gasteiger partial charge in [0.15, 0.2) is 0 Å². The van der Waals surface area contributed by atoms with Gasteiger partial charge >= 0.3 is 18.2 Å². The van der Waals surface area contributed by atoms with Gasteiger partial charge in [0.25, 0.3) is 0 Å². The molecule has 0 radical (unpaired) electrons. The molecule has 1 rings (SSSR count). The lowest BCUT2D eigenvalue weighted by atomic mass is 10.0. The summed E-state index contributed by atoms with van der Waals surface area (Å²) in [6.45, 7) is 8.77. The van der Waals surface area contributed by atoms with Crippen LogP contribution in [-0.2, 0) is 28.2 Å². The number of carbonyl (C=O) groups excluding carboxylic acids is 3. The molecule has 1 aromatic rings. The lowest BCUT2D eigenvalue weighted by Gasteiger charge is -2.25. The predicted octanol–water partition coefficient (Wildman–Crippen LogP) is 4.36. The van der Waals surface area contributed by atoms with Gasteiger partial charge in [-0.2, -0.15) is 4.33 Å². The first kappa shape index (κ1) is 26.5. The van der Waals surface area contributed by atoms with Gasteiger partial charge in [0.05, 0.1) is 44.8 Å². The smallest absolute Gasteiger partial charge is 0.411 e. The van der Waals surface area contributed by atoms with Crippen molar-refractivity contribution in [3.8, 4) is 0 Å². The van der Waals surface area contributed by atoms with Crippen LogP contribution in [-0.4, -0.2) is 44.1 Å². The summed E-state index contributed by atoms with van der Waals surface area (Å²) < 4.78 is 19.9. The number of carbonyl (C=O) groups is 3. The lowest BCUT2D eigenvalue weighted by molar-refractivity contribution is -0.220. The monoisotopic (exact) mass is 458 g/mol. The van der Waals surface area contributed by atoms with Crippen molar-refractivity contribution in [3.05, 3.63) is 23.8 Å². The fourth-order valence-corrected chi connectivity index (χ4v) is 2.91. The standard InChI is InChI=1S/C20H30N2O8S/c1-12(2)29-30-31-16-9-8-13(21-18(24)27-7)10-14(16)15(11-17(23)26-6)22-19(25)28-20(3,4)5/h8-10,12,15H,11H2,1-7H3,(H,21,24)(H,22,25)/t15-/m1/s1. The number of hydrogen-bond acceptors (Lipinski definition) is 9. The van der Waals surface area contributed by atoms with E-state index in [2.05, 4.69) is 15.4 Å². The Morgan fingerprint density at radius 1 is 1.06 bits per heavy atom. The van der Waals surface area contributed by atoms with Crippen molar-refractivity contribution in [2.24, 2.45) is 0 Å². The average Bonchev–Trinajstić information content (AvgIpc) is 2.66. The van der Waals surface area contributed by atoms with Crippen molar-refractivity contribution in [1.29, 1.82) is 0 Å². The highest BCUT2D eigenvalue weighted by atomic mass is 32.2. The summed E-state index contributed by atoms with van der Waals surface area (Å²) >= 11 is 0.902. The van der Waals surface area contributed by atoms with Crippen molar-refractivity contribution in [2.45, 2.75) is 63.7 Å². The third-order valence-corrected chi connectivity index (χ3v) is 4.16. The maximum absolute atomic E-state index is 12.4. The molecule has 11 heteroatoms. The molecule has 0 unspecified atom stereocenters. The van der Waals surface area contributed by atoms with Gasteiger partial charge in [-0.25, -0.2) is 14.5 Å². The summed E-state index contributed by atoms with van der Waals surface area (Å²) in [6, 6.07) is 4.01. The Kier molecular flexibility index (Phi) is 10.6. The second-order valence-corrected chi connectivity index (χ2v) is 8.39. The molecule has 0 aliphatic carbocycles. The summed E-state index contributed by atoms with van der Waals surface area (Å²) in [5, 5.41) is 5.22. The molecule has 0 aliphatic rings. The largest absolute Gasteiger partial charge is 0.469 e.